The van der Waals surface area contributed by atoms with Gasteiger partial charge in [-0.15, -0.1) is 22.7 Å². The Bertz CT molecular complexity index is 612. The molecule has 1 atom stereocenters. The minimum atomic E-state index is -0.312. The Kier molecular flexibility index (Phi) is 5.08. The van der Waals surface area contributed by atoms with Crippen LogP contribution in [-0.2, 0) is 6.54 Å². The summed E-state index contributed by atoms with van der Waals surface area (Å²) >= 11 is 3.17. The number of carbonyl (C=O) groups excluding carboxylic acids is 1. The zero-order valence-electron chi connectivity index (χ0n) is 12.7. The van der Waals surface area contributed by atoms with Crippen LogP contribution < -0.4 is 0 Å². The molecule has 2 aromatic rings. The van der Waals surface area contributed by atoms with E-state index in [0.29, 0.717) is 5.92 Å². The van der Waals surface area contributed by atoms with Crippen LogP contribution in [0.2, 0.25) is 0 Å². The second-order valence-electron chi connectivity index (χ2n) is 5.95. The zero-order chi connectivity index (χ0) is 15.5. The molecule has 3 heterocycles. The number of thiophene rings is 2. The predicted octanol–water partition coefficient (Wildman–Crippen LogP) is 3.96. The molecule has 118 valence electrons. The monoisotopic (exact) mass is 335 g/mol. The van der Waals surface area contributed by atoms with Gasteiger partial charge in [-0.1, -0.05) is 6.07 Å². The number of carbonyl (C=O) groups is 1. The molecule has 5 heteroatoms. The number of likely N-dealkylation sites (tertiary alicyclic amines) is 1. The molecule has 2 aromatic heterocycles. The summed E-state index contributed by atoms with van der Waals surface area (Å²) in [5, 5.41) is 14.5. The maximum Gasteiger partial charge on any atom is 0.169 e. The summed E-state index contributed by atoms with van der Waals surface area (Å²) < 4.78 is 0. The molecular weight excluding hydrogens is 314 g/mol. The van der Waals surface area contributed by atoms with Crippen molar-refractivity contribution in [3.05, 3.63) is 44.3 Å². The third-order valence-electron chi connectivity index (χ3n) is 4.32. The minimum Gasteiger partial charge on any atom is -0.387 e. The number of rotatable bonds is 5. The summed E-state index contributed by atoms with van der Waals surface area (Å²) in [4.78, 5) is 15.7. The van der Waals surface area contributed by atoms with Gasteiger partial charge in [0.15, 0.2) is 5.78 Å². The molecule has 1 N–H and O–H groups in total. The van der Waals surface area contributed by atoms with E-state index in [0.717, 1.165) is 42.2 Å². The van der Waals surface area contributed by atoms with Gasteiger partial charge in [0.1, 0.15) is 0 Å². The first-order valence-corrected chi connectivity index (χ1v) is 9.41. The molecule has 0 aliphatic carbocycles. The van der Waals surface area contributed by atoms with Gasteiger partial charge in [-0.25, -0.2) is 0 Å². The summed E-state index contributed by atoms with van der Waals surface area (Å²) in [6, 6.07) is 6.04. The van der Waals surface area contributed by atoms with Gasteiger partial charge in [-0.2, -0.15) is 0 Å². The molecule has 0 saturated carbocycles. The molecule has 1 saturated heterocycles. The van der Waals surface area contributed by atoms with Crippen LogP contribution in [0.1, 0.15) is 46.0 Å². The van der Waals surface area contributed by atoms with Crippen LogP contribution in [0, 0.1) is 5.92 Å². The molecule has 0 amide bonds. The van der Waals surface area contributed by atoms with E-state index >= 15 is 0 Å². The number of hydrogen-bond donors (Lipinski definition) is 1. The van der Waals surface area contributed by atoms with Crippen LogP contribution in [0.4, 0.5) is 0 Å². The van der Waals surface area contributed by atoms with E-state index in [-0.39, 0.29) is 11.9 Å². The molecule has 1 fully saturated rings. The van der Waals surface area contributed by atoms with Crippen molar-refractivity contribution < 1.29 is 9.90 Å². The van der Waals surface area contributed by atoms with Crippen LogP contribution in [0.15, 0.2) is 29.0 Å². The van der Waals surface area contributed by atoms with Crippen molar-refractivity contribution in [3.63, 3.8) is 0 Å². The van der Waals surface area contributed by atoms with Crippen molar-refractivity contribution >= 4 is 28.5 Å². The lowest BCUT2D eigenvalue weighted by Gasteiger charge is -2.33. The molecule has 1 aliphatic rings. The molecule has 0 spiro atoms. The van der Waals surface area contributed by atoms with E-state index in [1.54, 1.807) is 18.3 Å². The van der Waals surface area contributed by atoms with Crippen molar-refractivity contribution in [2.75, 3.05) is 13.1 Å². The van der Waals surface area contributed by atoms with E-state index in [1.165, 1.54) is 16.9 Å². The summed E-state index contributed by atoms with van der Waals surface area (Å²) in [6.45, 7) is 4.55. The van der Waals surface area contributed by atoms with Gasteiger partial charge in [-0.3, -0.25) is 9.69 Å². The lowest BCUT2D eigenvalue weighted by atomic mass is 9.90. The van der Waals surface area contributed by atoms with E-state index in [2.05, 4.69) is 10.3 Å². The van der Waals surface area contributed by atoms with Gasteiger partial charge >= 0.3 is 0 Å². The molecule has 3 rings (SSSR count). The molecular formula is C17H21NO2S2. The SMILES string of the molecule is CC(=O)c1cc(CN2CCC([C@@H](O)c3cccs3)CC2)cs1. The van der Waals surface area contributed by atoms with Crippen molar-refractivity contribution in [1.82, 2.24) is 4.90 Å². The van der Waals surface area contributed by atoms with Crippen molar-refractivity contribution in [1.29, 1.82) is 0 Å². The number of hydrogen-bond acceptors (Lipinski definition) is 5. The highest BCUT2D eigenvalue weighted by molar-refractivity contribution is 7.12. The molecule has 3 nitrogen and oxygen atoms in total. The largest absolute Gasteiger partial charge is 0.387 e. The maximum atomic E-state index is 11.4. The normalized spacial score (nSPS) is 18.5. The van der Waals surface area contributed by atoms with Crippen LogP contribution >= 0.6 is 22.7 Å². The molecule has 22 heavy (non-hydrogen) atoms. The Labute approximate surface area is 139 Å². The van der Waals surface area contributed by atoms with Crippen LogP contribution in [0.5, 0.6) is 0 Å². The summed E-state index contributed by atoms with van der Waals surface area (Å²) in [5.41, 5.74) is 1.23. The second-order valence-corrected chi connectivity index (χ2v) is 7.84. The third kappa shape index (κ3) is 3.66. The molecule has 0 bridgehead atoms. The lowest BCUT2D eigenvalue weighted by Crippen LogP contribution is -2.35. The predicted molar refractivity (Wildman–Crippen MR) is 91.6 cm³/mol. The van der Waals surface area contributed by atoms with E-state index in [9.17, 15) is 9.90 Å². The first kappa shape index (κ1) is 15.9. The Morgan fingerprint density at radius 1 is 1.41 bits per heavy atom. The molecule has 0 unspecified atom stereocenters. The van der Waals surface area contributed by atoms with Gasteiger partial charge in [0.05, 0.1) is 11.0 Å². The minimum absolute atomic E-state index is 0.147. The summed E-state index contributed by atoms with van der Waals surface area (Å²) in [6.07, 6.45) is 1.75. The first-order valence-electron chi connectivity index (χ1n) is 7.65. The van der Waals surface area contributed by atoms with Gasteiger partial charge in [0.25, 0.3) is 0 Å². The van der Waals surface area contributed by atoms with E-state index in [1.807, 2.05) is 23.6 Å². The Balaban J connectivity index is 1.52. The standard InChI is InChI=1S/C17H21NO2S2/c1-12(19)16-9-13(11-22-16)10-18-6-4-14(5-7-18)17(20)15-3-2-8-21-15/h2-3,8-9,11,14,17,20H,4-7,10H2,1H3/t17-/m1/s1. The Morgan fingerprint density at radius 3 is 2.77 bits per heavy atom. The highest BCUT2D eigenvalue weighted by Gasteiger charge is 2.26. The van der Waals surface area contributed by atoms with Crippen LogP contribution in [-0.4, -0.2) is 28.9 Å². The summed E-state index contributed by atoms with van der Waals surface area (Å²) in [7, 11) is 0. The third-order valence-corrected chi connectivity index (χ3v) is 6.34. The maximum absolute atomic E-state index is 11.4. The second kappa shape index (κ2) is 7.04. The van der Waals surface area contributed by atoms with Crippen molar-refractivity contribution in [2.45, 2.75) is 32.4 Å². The number of ketones is 1. The average molecular weight is 335 g/mol. The Hall–Kier alpha value is -1.01. The topological polar surface area (TPSA) is 40.5 Å². The molecule has 0 aromatic carbocycles. The fourth-order valence-electron chi connectivity index (χ4n) is 3.02. The number of nitrogens with zero attached hydrogens (tertiary/aromatic N) is 1. The highest BCUT2D eigenvalue weighted by atomic mass is 32.1. The Morgan fingerprint density at radius 2 is 2.18 bits per heavy atom. The van der Waals surface area contributed by atoms with Gasteiger partial charge < -0.3 is 5.11 Å². The fourth-order valence-corrected chi connectivity index (χ4v) is 4.63. The number of Topliss-reactive ketones (excluding diaryl/α,β-unsaturated/α-hetero) is 1. The quantitative estimate of drug-likeness (QED) is 0.841. The zero-order valence-corrected chi connectivity index (χ0v) is 14.3. The van der Waals surface area contributed by atoms with Gasteiger partial charge in [0.2, 0.25) is 0 Å². The van der Waals surface area contributed by atoms with Crippen LogP contribution in [0.25, 0.3) is 0 Å². The van der Waals surface area contributed by atoms with Gasteiger partial charge in [0, 0.05) is 11.4 Å². The van der Waals surface area contributed by atoms with E-state index in [4.69, 9.17) is 0 Å². The number of aliphatic hydroxyl groups is 1. The van der Waals surface area contributed by atoms with Gasteiger partial charge in [-0.05, 0) is 67.2 Å². The van der Waals surface area contributed by atoms with E-state index < -0.39 is 0 Å². The first-order chi connectivity index (χ1) is 10.6. The molecule has 1 aliphatic heterocycles. The van der Waals surface area contributed by atoms with Crippen LogP contribution in [0.3, 0.4) is 0 Å². The molecule has 0 radical (unpaired) electrons. The number of piperidine rings is 1. The lowest BCUT2D eigenvalue weighted by molar-refractivity contribution is 0.0591. The average Bonchev–Trinajstić information content (AvgIpc) is 3.19. The fraction of sp³-hybridized carbons (Fsp3) is 0.471. The van der Waals surface area contributed by atoms with Crippen molar-refractivity contribution in [2.24, 2.45) is 5.92 Å². The van der Waals surface area contributed by atoms with Crippen molar-refractivity contribution in [3.8, 4) is 0 Å². The highest BCUT2D eigenvalue weighted by Crippen LogP contribution is 2.33. The smallest absolute Gasteiger partial charge is 0.169 e. The summed E-state index contributed by atoms with van der Waals surface area (Å²) in [5.74, 6) is 0.513. The number of aliphatic hydroxyl groups excluding tert-OH is 1.